The van der Waals surface area contributed by atoms with Gasteiger partial charge in [-0.3, -0.25) is 4.57 Å². The zero-order valence-corrected chi connectivity index (χ0v) is 27.0. The maximum Gasteiger partial charge on any atom is 0.235 e. The second kappa shape index (κ2) is 10.4. The Labute approximate surface area is 287 Å². The summed E-state index contributed by atoms with van der Waals surface area (Å²) >= 11 is 0. The van der Waals surface area contributed by atoms with Gasteiger partial charge in [0.2, 0.25) is 5.95 Å². The van der Waals surface area contributed by atoms with Crippen molar-refractivity contribution < 1.29 is 0 Å². The zero-order chi connectivity index (χ0) is 32.8. The number of rotatable bonds is 3. The van der Waals surface area contributed by atoms with Crippen LogP contribution in [0.4, 0.5) is 0 Å². The Kier molecular flexibility index (Phi) is 5.63. The molecule has 11 aromatic rings. The first-order valence-corrected chi connectivity index (χ1v) is 17.0. The average molecular weight is 637 g/mol. The molecule has 0 aliphatic rings. The highest BCUT2D eigenvalue weighted by Crippen LogP contribution is 2.39. The van der Waals surface area contributed by atoms with E-state index < -0.39 is 0 Å². The molecule has 8 aromatic carbocycles. The first kappa shape index (κ1) is 27.2. The summed E-state index contributed by atoms with van der Waals surface area (Å²) in [6.45, 7) is 0. The third kappa shape index (κ3) is 3.87. The normalized spacial score (nSPS) is 12.0. The molecule has 11 rings (SSSR count). The third-order valence-electron chi connectivity index (χ3n) is 10.3. The second-order valence-electron chi connectivity index (χ2n) is 13.0. The fourth-order valence-electron chi connectivity index (χ4n) is 8.04. The summed E-state index contributed by atoms with van der Waals surface area (Å²) in [5.74, 6) is 0.665. The van der Waals surface area contributed by atoms with E-state index in [4.69, 9.17) is 9.97 Å². The molecular weight excluding hydrogens is 609 g/mol. The number of hydrogen-bond donors (Lipinski definition) is 0. The molecule has 0 aliphatic carbocycles. The van der Waals surface area contributed by atoms with E-state index in [-0.39, 0.29) is 0 Å². The first-order valence-electron chi connectivity index (χ1n) is 17.0. The van der Waals surface area contributed by atoms with E-state index in [0.717, 1.165) is 33.2 Å². The molecule has 4 nitrogen and oxygen atoms in total. The highest BCUT2D eigenvalue weighted by molar-refractivity contribution is 6.14. The quantitative estimate of drug-likeness (QED) is 0.193. The Morgan fingerprint density at radius 1 is 0.340 bits per heavy atom. The minimum absolute atomic E-state index is 0.665. The molecule has 0 unspecified atom stereocenters. The van der Waals surface area contributed by atoms with Crippen LogP contribution in [0, 0.1) is 0 Å². The van der Waals surface area contributed by atoms with Crippen molar-refractivity contribution >= 4 is 76.1 Å². The van der Waals surface area contributed by atoms with E-state index in [1.165, 1.54) is 59.8 Å². The van der Waals surface area contributed by atoms with E-state index in [9.17, 15) is 0 Å². The highest BCUT2D eigenvalue weighted by atomic mass is 15.2. The maximum absolute atomic E-state index is 5.43. The molecule has 0 N–H and O–H groups in total. The third-order valence-corrected chi connectivity index (χ3v) is 10.3. The lowest BCUT2D eigenvalue weighted by atomic mass is 10.0. The number of hydrogen-bond acceptors (Lipinski definition) is 2. The van der Waals surface area contributed by atoms with Crippen molar-refractivity contribution in [2.45, 2.75) is 0 Å². The SMILES string of the molecule is c1ccc2cc3c(cc2c1)c1ccccc1n3-c1nc(-c2ccc3c(c2)c2ccccc2n3-c2cccc3ccccc23)c2ccccc2n1. The molecule has 232 valence electrons. The van der Waals surface area contributed by atoms with Crippen molar-refractivity contribution in [2.24, 2.45) is 0 Å². The number of aromatic nitrogens is 4. The van der Waals surface area contributed by atoms with Crippen molar-refractivity contribution in [3.8, 4) is 22.9 Å². The average Bonchev–Trinajstić information content (AvgIpc) is 3.68. The molecule has 3 heterocycles. The van der Waals surface area contributed by atoms with Crippen LogP contribution in [0.25, 0.3) is 99.0 Å². The molecule has 0 saturated carbocycles. The smallest absolute Gasteiger partial charge is 0.235 e. The van der Waals surface area contributed by atoms with Crippen LogP contribution in [0.5, 0.6) is 0 Å². The van der Waals surface area contributed by atoms with Crippen molar-refractivity contribution in [2.75, 3.05) is 0 Å². The lowest BCUT2D eigenvalue weighted by Crippen LogP contribution is -2.03. The van der Waals surface area contributed by atoms with Crippen LogP contribution in [0.1, 0.15) is 0 Å². The van der Waals surface area contributed by atoms with E-state index in [1.807, 2.05) is 0 Å². The molecule has 4 heteroatoms. The number of nitrogens with zero attached hydrogens (tertiary/aromatic N) is 4. The molecule has 50 heavy (non-hydrogen) atoms. The van der Waals surface area contributed by atoms with E-state index in [0.29, 0.717) is 5.95 Å². The minimum atomic E-state index is 0.665. The Hall–Kier alpha value is -6.78. The zero-order valence-electron chi connectivity index (χ0n) is 27.0. The van der Waals surface area contributed by atoms with Gasteiger partial charge in [0, 0.05) is 37.9 Å². The van der Waals surface area contributed by atoms with Gasteiger partial charge in [-0.2, -0.15) is 0 Å². The van der Waals surface area contributed by atoms with Crippen molar-refractivity contribution in [1.29, 1.82) is 0 Å². The Bertz CT molecular complexity index is 3160. The van der Waals surface area contributed by atoms with Crippen LogP contribution >= 0.6 is 0 Å². The summed E-state index contributed by atoms with van der Waals surface area (Å²) in [4.78, 5) is 10.6. The van der Waals surface area contributed by atoms with Gasteiger partial charge < -0.3 is 4.57 Å². The minimum Gasteiger partial charge on any atom is -0.309 e. The lowest BCUT2D eigenvalue weighted by Gasteiger charge is -2.13. The Morgan fingerprint density at radius 2 is 0.920 bits per heavy atom. The summed E-state index contributed by atoms with van der Waals surface area (Å²) in [6, 6.07) is 60.8. The molecule has 0 fully saturated rings. The molecular formula is C46H28N4. The van der Waals surface area contributed by atoms with Crippen molar-refractivity contribution in [3.63, 3.8) is 0 Å². The molecule has 0 amide bonds. The molecule has 3 aromatic heterocycles. The molecule has 0 aliphatic heterocycles. The number of benzene rings is 8. The summed E-state index contributed by atoms with van der Waals surface area (Å²) in [7, 11) is 0. The lowest BCUT2D eigenvalue weighted by molar-refractivity contribution is 1.01. The van der Waals surface area contributed by atoms with Crippen LogP contribution in [-0.2, 0) is 0 Å². The number of fused-ring (bicyclic) bond motifs is 9. The van der Waals surface area contributed by atoms with Gasteiger partial charge in [-0.25, -0.2) is 9.97 Å². The molecule has 0 saturated heterocycles. The molecule has 0 atom stereocenters. The molecule has 0 bridgehead atoms. The summed E-state index contributed by atoms with van der Waals surface area (Å²) in [5.41, 5.74) is 8.60. The van der Waals surface area contributed by atoms with Crippen LogP contribution in [0.3, 0.4) is 0 Å². The summed E-state index contributed by atoms with van der Waals surface area (Å²) in [6.07, 6.45) is 0. The van der Waals surface area contributed by atoms with Gasteiger partial charge in [0.15, 0.2) is 0 Å². The van der Waals surface area contributed by atoms with E-state index >= 15 is 0 Å². The van der Waals surface area contributed by atoms with Crippen molar-refractivity contribution in [1.82, 2.24) is 19.1 Å². The maximum atomic E-state index is 5.43. The van der Waals surface area contributed by atoms with Crippen LogP contribution in [-0.4, -0.2) is 19.1 Å². The number of para-hydroxylation sites is 3. The predicted octanol–water partition coefficient (Wildman–Crippen LogP) is 11.8. The standard InChI is InChI=1S/C46H28N4/c1-2-14-31-28-44-38(26-30(31)13-1)35-18-7-10-22-42(35)50(44)46-47-39-20-8-5-19-36(39)45(48-46)32-24-25-43-37(27-32)34-17-6-9-21-41(34)49(43)40-23-11-15-29-12-3-4-16-33(29)40/h1-28H. The van der Waals surface area contributed by atoms with E-state index in [2.05, 4.69) is 179 Å². The molecule has 0 spiro atoms. The van der Waals surface area contributed by atoms with Crippen molar-refractivity contribution in [3.05, 3.63) is 170 Å². The van der Waals surface area contributed by atoms with Gasteiger partial charge in [-0.05, 0) is 64.7 Å². The first-order chi connectivity index (χ1) is 24.8. The predicted molar refractivity (Wildman–Crippen MR) is 209 cm³/mol. The van der Waals surface area contributed by atoms with Crippen LogP contribution < -0.4 is 0 Å². The summed E-state index contributed by atoms with van der Waals surface area (Å²) in [5, 5.41) is 10.7. The van der Waals surface area contributed by atoms with E-state index in [1.54, 1.807) is 0 Å². The molecule has 0 radical (unpaired) electrons. The van der Waals surface area contributed by atoms with Gasteiger partial charge in [0.1, 0.15) is 0 Å². The Morgan fingerprint density at radius 3 is 1.72 bits per heavy atom. The van der Waals surface area contributed by atoms with Gasteiger partial charge in [0.25, 0.3) is 0 Å². The van der Waals surface area contributed by atoms with Gasteiger partial charge in [-0.15, -0.1) is 0 Å². The summed E-state index contributed by atoms with van der Waals surface area (Å²) < 4.78 is 4.64. The van der Waals surface area contributed by atoms with Gasteiger partial charge in [0.05, 0.1) is 39.0 Å². The largest absolute Gasteiger partial charge is 0.309 e. The van der Waals surface area contributed by atoms with Crippen LogP contribution in [0.2, 0.25) is 0 Å². The highest BCUT2D eigenvalue weighted by Gasteiger charge is 2.20. The fraction of sp³-hybridized carbons (Fsp3) is 0. The fourth-order valence-corrected chi connectivity index (χ4v) is 8.04. The van der Waals surface area contributed by atoms with Gasteiger partial charge in [-0.1, -0.05) is 121 Å². The monoisotopic (exact) mass is 636 g/mol. The Balaban J connectivity index is 1.19. The van der Waals surface area contributed by atoms with Gasteiger partial charge >= 0.3 is 0 Å². The second-order valence-corrected chi connectivity index (χ2v) is 13.0. The van der Waals surface area contributed by atoms with Crippen LogP contribution in [0.15, 0.2) is 170 Å². The topological polar surface area (TPSA) is 35.6 Å².